The number of hydrogen-bond donors (Lipinski definition) is 0. The lowest BCUT2D eigenvalue weighted by Crippen LogP contribution is -1.98. The van der Waals surface area contributed by atoms with Crippen molar-refractivity contribution in [1.29, 1.82) is 0 Å². The van der Waals surface area contributed by atoms with Crippen molar-refractivity contribution in [1.82, 2.24) is 9.78 Å². The van der Waals surface area contributed by atoms with Crippen LogP contribution >= 0.6 is 15.9 Å². The number of aromatic nitrogens is 2. The summed E-state index contributed by atoms with van der Waals surface area (Å²) in [5, 5.41) is 3.88. The highest BCUT2D eigenvalue weighted by Gasteiger charge is 2.10. The molecular weight excluding hydrogens is 282 g/mol. The number of benzene rings is 1. The van der Waals surface area contributed by atoms with Crippen molar-refractivity contribution in [3.05, 3.63) is 46.2 Å². The Kier molecular flexibility index (Phi) is 2.82. The van der Waals surface area contributed by atoms with Gasteiger partial charge in [0, 0.05) is 6.07 Å². The molecule has 2 aromatic rings. The summed E-state index contributed by atoms with van der Waals surface area (Å²) >= 11 is 3.14. The molecule has 0 spiro atoms. The molecule has 0 aliphatic rings. The van der Waals surface area contributed by atoms with Gasteiger partial charge in [-0.1, -0.05) is 0 Å². The molecule has 0 unspecified atom stereocenters. The number of nitrogens with zero attached hydrogens (tertiary/aromatic N) is 2. The van der Waals surface area contributed by atoms with Crippen molar-refractivity contribution < 1.29 is 13.6 Å². The SMILES string of the molecule is O=Cc1cnn(-c2ccc(F)c(F)c2)c1Br. The predicted octanol–water partition coefficient (Wildman–Crippen LogP) is 2.73. The first-order valence-electron chi connectivity index (χ1n) is 4.27. The van der Waals surface area contributed by atoms with Crippen LogP contribution in [-0.2, 0) is 0 Å². The summed E-state index contributed by atoms with van der Waals surface area (Å²) < 4.78 is 27.4. The van der Waals surface area contributed by atoms with Gasteiger partial charge in [-0.05, 0) is 28.1 Å². The van der Waals surface area contributed by atoms with E-state index in [9.17, 15) is 13.6 Å². The lowest BCUT2D eigenvalue weighted by molar-refractivity contribution is 0.112. The Labute approximate surface area is 97.8 Å². The fourth-order valence-electron chi connectivity index (χ4n) is 1.22. The molecule has 0 saturated carbocycles. The van der Waals surface area contributed by atoms with E-state index < -0.39 is 11.6 Å². The van der Waals surface area contributed by atoms with Crippen molar-refractivity contribution in [3.63, 3.8) is 0 Å². The van der Waals surface area contributed by atoms with Gasteiger partial charge in [-0.3, -0.25) is 4.79 Å². The van der Waals surface area contributed by atoms with E-state index in [4.69, 9.17) is 0 Å². The standard InChI is InChI=1S/C10H5BrF2N2O/c11-10-6(5-16)4-14-15(10)7-1-2-8(12)9(13)3-7/h1-5H. The van der Waals surface area contributed by atoms with Gasteiger partial charge in [-0.25, -0.2) is 13.5 Å². The second-order valence-electron chi connectivity index (χ2n) is 3.02. The van der Waals surface area contributed by atoms with Gasteiger partial charge >= 0.3 is 0 Å². The highest BCUT2D eigenvalue weighted by molar-refractivity contribution is 9.10. The van der Waals surface area contributed by atoms with Crippen LogP contribution in [0.3, 0.4) is 0 Å². The van der Waals surface area contributed by atoms with Crippen molar-refractivity contribution in [2.75, 3.05) is 0 Å². The van der Waals surface area contributed by atoms with Gasteiger partial charge in [0.15, 0.2) is 17.9 Å². The largest absolute Gasteiger partial charge is 0.298 e. The number of hydrogen-bond acceptors (Lipinski definition) is 2. The Morgan fingerprint density at radius 1 is 1.31 bits per heavy atom. The first-order chi connectivity index (χ1) is 7.63. The lowest BCUT2D eigenvalue weighted by Gasteiger charge is -2.03. The van der Waals surface area contributed by atoms with Crippen LogP contribution in [0.5, 0.6) is 0 Å². The van der Waals surface area contributed by atoms with Crippen LogP contribution in [0, 0.1) is 11.6 Å². The smallest absolute Gasteiger partial charge is 0.160 e. The summed E-state index contributed by atoms with van der Waals surface area (Å²) in [4.78, 5) is 10.6. The molecule has 1 heterocycles. The molecule has 0 bridgehead atoms. The first-order valence-corrected chi connectivity index (χ1v) is 5.07. The molecule has 82 valence electrons. The Morgan fingerprint density at radius 3 is 2.62 bits per heavy atom. The van der Waals surface area contributed by atoms with Crippen LogP contribution in [0.1, 0.15) is 10.4 Å². The zero-order valence-electron chi connectivity index (χ0n) is 7.82. The van der Waals surface area contributed by atoms with Crippen molar-refractivity contribution in [2.45, 2.75) is 0 Å². The summed E-state index contributed by atoms with van der Waals surface area (Å²) in [6.45, 7) is 0. The van der Waals surface area contributed by atoms with E-state index in [0.29, 0.717) is 22.1 Å². The van der Waals surface area contributed by atoms with E-state index in [-0.39, 0.29) is 0 Å². The maximum Gasteiger partial charge on any atom is 0.160 e. The minimum atomic E-state index is -0.965. The molecule has 0 amide bonds. The highest BCUT2D eigenvalue weighted by Crippen LogP contribution is 2.20. The van der Waals surface area contributed by atoms with E-state index in [0.717, 1.165) is 12.1 Å². The molecule has 1 aromatic heterocycles. The Hall–Kier alpha value is -1.56. The van der Waals surface area contributed by atoms with Gasteiger partial charge in [0.2, 0.25) is 0 Å². The average molecular weight is 287 g/mol. The summed E-state index contributed by atoms with van der Waals surface area (Å²) in [7, 11) is 0. The summed E-state index contributed by atoms with van der Waals surface area (Å²) in [6, 6.07) is 3.37. The van der Waals surface area contributed by atoms with Gasteiger partial charge < -0.3 is 0 Å². The predicted molar refractivity (Wildman–Crippen MR) is 56.6 cm³/mol. The summed E-state index contributed by atoms with van der Waals surface area (Å²) in [5.74, 6) is -1.89. The van der Waals surface area contributed by atoms with Crippen molar-refractivity contribution in [3.8, 4) is 5.69 Å². The first kappa shape index (κ1) is 10.9. The van der Waals surface area contributed by atoms with Crippen LogP contribution in [-0.4, -0.2) is 16.1 Å². The molecule has 0 atom stereocenters. The van der Waals surface area contributed by atoms with E-state index in [1.807, 2.05) is 0 Å². The minimum absolute atomic E-state index is 0.332. The second kappa shape index (κ2) is 4.13. The monoisotopic (exact) mass is 286 g/mol. The van der Waals surface area contributed by atoms with Crippen LogP contribution in [0.2, 0.25) is 0 Å². The molecule has 0 saturated heterocycles. The normalized spacial score (nSPS) is 10.4. The number of aldehydes is 1. The summed E-state index contributed by atoms with van der Waals surface area (Å²) in [5.41, 5.74) is 0.670. The zero-order valence-corrected chi connectivity index (χ0v) is 9.41. The maximum absolute atomic E-state index is 13.0. The number of carbonyl (C=O) groups is 1. The van der Waals surface area contributed by atoms with Gasteiger partial charge in [0.05, 0.1) is 17.4 Å². The maximum atomic E-state index is 13.0. The Bertz CT molecular complexity index is 554. The molecule has 2 rings (SSSR count). The van der Waals surface area contributed by atoms with Gasteiger partial charge in [0.25, 0.3) is 0 Å². The third-order valence-corrected chi connectivity index (χ3v) is 2.80. The van der Waals surface area contributed by atoms with E-state index in [1.165, 1.54) is 16.9 Å². The molecule has 6 heteroatoms. The van der Waals surface area contributed by atoms with Crippen LogP contribution in [0.15, 0.2) is 29.0 Å². The second-order valence-corrected chi connectivity index (χ2v) is 3.77. The Morgan fingerprint density at radius 2 is 2.06 bits per heavy atom. The molecule has 0 fully saturated rings. The van der Waals surface area contributed by atoms with Crippen molar-refractivity contribution >= 4 is 22.2 Å². The highest BCUT2D eigenvalue weighted by atomic mass is 79.9. The van der Waals surface area contributed by atoms with Gasteiger partial charge in [-0.15, -0.1) is 0 Å². The molecular formula is C10H5BrF2N2O. The molecule has 0 radical (unpaired) electrons. The van der Waals surface area contributed by atoms with Gasteiger partial charge in [-0.2, -0.15) is 5.10 Å². The fourth-order valence-corrected chi connectivity index (χ4v) is 1.71. The average Bonchev–Trinajstić information content (AvgIpc) is 2.64. The molecule has 0 aliphatic carbocycles. The van der Waals surface area contributed by atoms with E-state index >= 15 is 0 Å². The number of carbonyl (C=O) groups excluding carboxylic acids is 1. The van der Waals surface area contributed by atoms with E-state index in [1.54, 1.807) is 0 Å². The van der Waals surface area contributed by atoms with Crippen LogP contribution in [0.25, 0.3) is 5.69 Å². The minimum Gasteiger partial charge on any atom is -0.298 e. The van der Waals surface area contributed by atoms with E-state index in [2.05, 4.69) is 21.0 Å². The molecule has 1 aromatic carbocycles. The molecule has 3 nitrogen and oxygen atoms in total. The third kappa shape index (κ3) is 1.76. The fraction of sp³-hybridized carbons (Fsp3) is 0. The van der Waals surface area contributed by atoms with Crippen LogP contribution in [0.4, 0.5) is 8.78 Å². The summed E-state index contributed by atoms with van der Waals surface area (Å²) in [6.07, 6.45) is 1.95. The zero-order chi connectivity index (χ0) is 11.7. The molecule has 16 heavy (non-hydrogen) atoms. The van der Waals surface area contributed by atoms with Crippen LogP contribution < -0.4 is 0 Å². The van der Waals surface area contributed by atoms with Gasteiger partial charge in [0.1, 0.15) is 4.60 Å². The van der Waals surface area contributed by atoms with Crippen molar-refractivity contribution in [2.24, 2.45) is 0 Å². The lowest BCUT2D eigenvalue weighted by atomic mass is 10.3. The molecule has 0 aliphatic heterocycles. The quantitative estimate of drug-likeness (QED) is 0.796. The topological polar surface area (TPSA) is 34.9 Å². The number of halogens is 3. The Balaban J connectivity index is 2.54. The molecule has 0 N–H and O–H groups in total. The third-order valence-electron chi connectivity index (χ3n) is 2.01. The number of rotatable bonds is 2.